The molecule has 0 aromatic heterocycles. The van der Waals surface area contributed by atoms with Crippen LogP contribution >= 0.6 is 15.9 Å². The molecule has 2 aromatic carbocycles. The zero-order chi connectivity index (χ0) is 16.7. The molecule has 2 rings (SSSR count). The summed E-state index contributed by atoms with van der Waals surface area (Å²) in [4.78, 5) is 14.4. The molecule has 0 bridgehead atoms. The summed E-state index contributed by atoms with van der Waals surface area (Å²) in [6.45, 7) is 6.71. The third-order valence-corrected chi connectivity index (χ3v) is 4.66. The lowest BCUT2D eigenvalue weighted by molar-refractivity contribution is -0.116. The second kappa shape index (κ2) is 8.85. The zero-order valence-electron chi connectivity index (χ0n) is 13.7. The minimum atomic E-state index is 0.0484. The van der Waals surface area contributed by atoms with E-state index in [1.165, 1.54) is 5.56 Å². The predicted molar refractivity (Wildman–Crippen MR) is 99.5 cm³/mol. The first-order chi connectivity index (χ1) is 11.1. The quantitative estimate of drug-likeness (QED) is 0.767. The molecule has 0 unspecified atom stereocenters. The van der Waals surface area contributed by atoms with Gasteiger partial charge in [0, 0.05) is 29.7 Å². The second-order valence-electron chi connectivity index (χ2n) is 5.62. The molecule has 0 fully saturated rings. The third-order valence-electron chi connectivity index (χ3n) is 3.81. The van der Waals surface area contributed by atoms with Crippen molar-refractivity contribution in [2.24, 2.45) is 0 Å². The lowest BCUT2D eigenvalue weighted by Crippen LogP contribution is -2.27. The van der Waals surface area contributed by atoms with Crippen molar-refractivity contribution in [2.75, 3.05) is 18.4 Å². The van der Waals surface area contributed by atoms with Crippen molar-refractivity contribution in [2.45, 2.75) is 26.8 Å². The van der Waals surface area contributed by atoms with E-state index in [0.29, 0.717) is 6.42 Å². The van der Waals surface area contributed by atoms with Gasteiger partial charge in [-0.05, 0) is 36.7 Å². The molecular formula is C19H23BrN2O. The standard InChI is InChI=1S/C19H23BrN2O/c1-3-22(14-16-7-5-4-6-8-16)12-11-19(23)21-17-10-9-15(2)18(20)13-17/h4-10,13H,3,11-12,14H2,1-2H3,(H,21,23). The number of hydrogen-bond donors (Lipinski definition) is 1. The number of carbonyl (C=O) groups excluding carboxylic acids is 1. The van der Waals surface area contributed by atoms with E-state index in [0.717, 1.165) is 35.4 Å². The number of nitrogens with zero attached hydrogens (tertiary/aromatic N) is 1. The normalized spacial score (nSPS) is 10.8. The van der Waals surface area contributed by atoms with Crippen molar-refractivity contribution < 1.29 is 4.79 Å². The average molecular weight is 375 g/mol. The van der Waals surface area contributed by atoms with Crippen molar-refractivity contribution in [3.05, 3.63) is 64.1 Å². The number of carbonyl (C=O) groups is 1. The van der Waals surface area contributed by atoms with Crippen LogP contribution in [-0.2, 0) is 11.3 Å². The molecule has 0 aliphatic rings. The molecule has 0 aliphatic carbocycles. The summed E-state index contributed by atoms with van der Waals surface area (Å²) in [5.74, 6) is 0.0484. The first-order valence-corrected chi connectivity index (χ1v) is 8.70. The Morgan fingerprint density at radius 2 is 1.91 bits per heavy atom. The Bertz CT molecular complexity index is 643. The molecule has 1 amide bonds. The van der Waals surface area contributed by atoms with E-state index in [1.807, 2.05) is 43.3 Å². The Labute approximate surface area is 146 Å². The summed E-state index contributed by atoms with van der Waals surface area (Å²) in [7, 11) is 0. The van der Waals surface area contributed by atoms with Gasteiger partial charge in [0.15, 0.2) is 0 Å². The zero-order valence-corrected chi connectivity index (χ0v) is 15.3. The highest BCUT2D eigenvalue weighted by Gasteiger charge is 2.08. The van der Waals surface area contributed by atoms with Crippen LogP contribution in [0.25, 0.3) is 0 Å². The van der Waals surface area contributed by atoms with Crippen LogP contribution in [0.1, 0.15) is 24.5 Å². The van der Waals surface area contributed by atoms with E-state index in [4.69, 9.17) is 0 Å². The summed E-state index contributed by atoms with van der Waals surface area (Å²) >= 11 is 3.49. The summed E-state index contributed by atoms with van der Waals surface area (Å²) < 4.78 is 1.01. The highest BCUT2D eigenvalue weighted by Crippen LogP contribution is 2.20. The molecule has 0 radical (unpaired) electrons. The fraction of sp³-hybridized carbons (Fsp3) is 0.316. The van der Waals surface area contributed by atoms with Gasteiger partial charge in [-0.25, -0.2) is 0 Å². The first-order valence-electron chi connectivity index (χ1n) is 7.90. The molecule has 4 heteroatoms. The van der Waals surface area contributed by atoms with Crippen LogP contribution in [-0.4, -0.2) is 23.9 Å². The van der Waals surface area contributed by atoms with Gasteiger partial charge >= 0.3 is 0 Å². The molecule has 23 heavy (non-hydrogen) atoms. The number of rotatable bonds is 7. The molecule has 0 saturated heterocycles. The van der Waals surface area contributed by atoms with E-state index in [-0.39, 0.29) is 5.91 Å². The fourth-order valence-electron chi connectivity index (χ4n) is 2.34. The largest absolute Gasteiger partial charge is 0.326 e. The van der Waals surface area contributed by atoms with E-state index in [1.54, 1.807) is 0 Å². The summed E-state index contributed by atoms with van der Waals surface area (Å²) in [6, 6.07) is 16.2. The minimum Gasteiger partial charge on any atom is -0.326 e. The summed E-state index contributed by atoms with van der Waals surface area (Å²) in [5, 5.41) is 2.96. The number of benzene rings is 2. The molecule has 0 atom stereocenters. The molecule has 1 N–H and O–H groups in total. The van der Waals surface area contributed by atoms with Gasteiger partial charge in [0.2, 0.25) is 5.91 Å². The van der Waals surface area contributed by atoms with Crippen LogP contribution in [0.5, 0.6) is 0 Å². The van der Waals surface area contributed by atoms with Gasteiger partial charge in [-0.15, -0.1) is 0 Å². The third kappa shape index (κ3) is 5.81. The molecule has 0 saturated carbocycles. The SMILES string of the molecule is CCN(CCC(=O)Nc1ccc(C)c(Br)c1)Cc1ccccc1. The van der Waals surface area contributed by atoms with E-state index in [2.05, 4.69) is 45.2 Å². The fourth-order valence-corrected chi connectivity index (χ4v) is 2.72. The Morgan fingerprint density at radius 1 is 1.17 bits per heavy atom. The first kappa shape index (κ1) is 17.7. The Balaban J connectivity index is 1.83. The van der Waals surface area contributed by atoms with Gasteiger partial charge in [-0.2, -0.15) is 0 Å². The molecule has 0 heterocycles. The van der Waals surface area contributed by atoms with Crippen molar-refractivity contribution in [3.63, 3.8) is 0 Å². The number of halogens is 1. The Morgan fingerprint density at radius 3 is 2.57 bits per heavy atom. The van der Waals surface area contributed by atoms with E-state index in [9.17, 15) is 4.79 Å². The maximum Gasteiger partial charge on any atom is 0.225 e. The Hall–Kier alpha value is -1.65. The van der Waals surface area contributed by atoms with E-state index >= 15 is 0 Å². The molecule has 3 nitrogen and oxygen atoms in total. The topological polar surface area (TPSA) is 32.3 Å². The van der Waals surface area contributed by atoms with Gasteiger partial charge < -0.3 is 5.32 Å². The van der Waals surface area contributed by atoms with Crippen molar-refractivity contribution in [1.29, 1.82) is 0 Å². The highest BCUT2D eigenvalue weighted by atomic mass is 79.9. The highest BCUT2D eigenvalue weighted by molar-refractivity contribution is 9.10. The second-order valence-corrected chi connectivity index (χ2v) is 6.47. The van der Waals surface area contributed by atoms with Crippen molar-refractivity contribution >= 4 is 27.5 Å². The molecule has 0 aliphatic heterocycles. The predicted octanol–water partition coefficient (Wildman–Crippen LogP) is 4.61. The van der Waals surface area contributed by atoms with Crippen LogP contribution in [0.2, 0.25) is 0 Å². The molecule has 2 aromatic rings. The molecule has 0 spiro atoms. The minimum absolute atomic E-state index is 0.0484. The lowest BCUT2D eigenvalue weighted by atomic mass is 10.2. The van der Waals surface area contributed by atoms with E-state index < -0.39 is 0 Å². The van der Waals surface area contributed by atoms with Crippen LogP contribution in [0.3, 0.4) is 0 Å². The molecule has 122 valence electrons. The van der Waals surface area contributed by atoms with Crippen molar-refractivity contribution in [3.8, 4) is 0 Å². The van der Waals surface area contributed by atoms with Crippen LogP contribution in [0.15, 0.2) is 53.0 Å². The van der Waals surface area contributed by atoms with Gasteiger partial charge in [-0.3, -0.25) is 9.69 Å². The van der Waals surface area contributed by atoms with Crippen LogP contribution in [0, 0.1) is 6.92 Å². The van der Waals surface area contributed by atoms with Crippen LogP contribution in [0.4, 0.5) is 5.69 Å². The number of nitrogens with one attached hydrogen (secondary N) is 1. The monoisotopic (exact) mass is 374 g/mol. The van der Waals surface area contributed by atoms with Gasteiger partial charge in [0.05, 0.1) is 0 Å². The number of amides is 1. The maximum atomic E-state index is 12.1. The van der Waals surface area contributed by atoms with Crippen LogP contribution < -0.4 is 5.32 Å². The number of hydrogen-bond acceptors (Lipinski definition) is 2. The van der Waals surface area contributed by atoms with Gasteiger partial charge in [0.1, 0.15) is 0 Å². The maximum absolute atomic E-state index is 12.1. The lowest BCUT2D eigenvalue weighted by Gasteiger charge is -2.20. The van der Waals surface area contributed by atoms with Gasteiger partial charge in [-0.1, -0.05) is 59.3 Å². The Kier molecular flexibility index (Phi) is 6.81. The summed E-state index contributed by atoms with van der Waals surface area (Å²) in [6.07, 6.45) is 0.492. The molecular weight excluding hydrogens is 352 g/mol. The number of anilines is 1. The summed E-state index contributed by atoms with van der Waals surface area (Å²) in [5.41, 5.74) is 3.26. The van der Waals surface area contributed by atoms with Gasteiger partial charge in [0.25, 0.3) is 0 Å². The smallest absolute Gasteiger partial charge is 0.225 e. The van der Waals surface area contributed by atoms with Crippen molar-refractivity contribution in [1.82, 2.24) is 4.90 Å². The average Bonchev–Trinajstić information content (AvgIpc) is 2.56. The number of aryl methyl sites for hydroxylation is 1.